The number of nitrogens with zero attached hydrogens (tertiary/aromatic N) is 1. The first kappa shape index (κ1) is 14.0. The molecule has 0 saturated carbocycles. The number of benzene rings is 1. The average Bonchev–Trinajstić information content (AvgIpc) is 2.63. The van der Waals surface area contributed by atoms with Crippen molar-refractivity contribution in [3.63, 3.8) is 0 Å². The summed E-state index contributed by atoms with van der Waals surface area (Å²) < 4.78 is 0. The van der Waals surface area contributed by atoms with Crippen molar-refractivity contribution in [1.82, 2.24) is 4.90 Å². The van der Waals surface area contributed by atoms with E-state index in [0.29, 0.717) is 12.5 Å². The molecule has 1 aromatic rings. The van der Waals surface area contributed by atoms with E-state index in [2.05, 4.69) is 24.1 Å². The van der Waals surface area contributed by atoms with Crippen molar-refractivity contribution in [1.29, 1.82) is 0 Å². The number of anilines is 1. The molecule has 0 aromatic heterocycles. The van der Waals surface area contributed by atoms with Crippen LogP contribution in [0, 0.1) is 19.8 Å². The predicted octanol–water partition coefficient (Wildman–Crippen LogP) is 1.52. The number of likely N-dealkylation sites (tertiary alicyclic amines) is 1. The first-order chi connectivity index (χ1) is 8.95. The van der Waals surface area contributed by atoms with Gasteiger partial charge in [0.2, 0.25) is 5.91 Å². The Hall–Kier alpha value is -1.39. The Morgan fingerprint density at radius 3 is 2.68 bits per heavy atom. The van der Waals surface area contributed by atoms with Gasteiger partial charge in [-0.15, -0.1) is 0 Å². The zero-order valence-electron chi connectivity index (χ0n) is 11.9. The minimum absolute atomic E-state index is 0.0320. The molecular formula is C15H23N3O. The smallest absolute Gasteiger partial charge is 0.238 e. The van der Waals surface area contributed by atoms with Crippen LogP contribution in [0.4, 0.5) is 5.69 Å². The fraction of sp³-hybridized carbons (Fsp3) is 0.533. The van der Waals surface area contributed by atoms with Crippen LogP contribution in [-0.2, 0) is 4.79 Å². The third-order valence-electron chi connectivity index (χ3n) is 3.90. The van der Waals surface area contributed by atoms with Gasteiger partial charge in [0.1, 0.15) is 0 Å². The number of hydrogen-bond acceptors (Lipinski definition) is 3. The highest BCUT2D eigenvalue weighted by Crippen LogP contribution is 2.16. The van der Waals surface area contributed by atoms with Crippen LogP contribution in [0.25, 0.3) is 0 Å². The van der Waals surface area contributed by atoms with E-state index in [1.165, 1.54) is 11.1 Å². The van der Waals surface area contributed by atoms with Crippen LogP contribution in [0.5, 0.6) is 0 Å². The predicted molar refractivity (Wildman–Crippen MR) is 78.1 cm³/mol. The monoisotopic (exact) mass is 261 g/mol. The maximum Gasteiger partial charge on any atom is 0.238 e. The molecule has 104 valence electrons. The highest BCUT2D eigenvalue weighted by Gasteiger charge is 2.27. The van der Waals surface area contributed by atoms with Gasteiger partial charge in [-0.3, -0.25) is 9.69 Å². The summed E-state index contributed by atoms with van der Waals surface area (Å²) in [7, 11) is 0. The van der Waals surface area contributed by atoms with Crippen molar-refractivity contribution < 1.29 is 4.79 Å². The van der Waals surface area contributed by atoms with Crippen molar-refractivity contribution in [2.24, 2.45) is 11.7 Å². The van der Waals surface area contributed by atoms with E-state index in [4.69, 9.17) is 5.73 Å². The Morgan fingerprint density at radius 1 is 1.37 bits per heavy atom. The number of aryl methyl sites for hydroxylation is 2. The van der Waals surface area contributed by atoms with E-state index >= 15 is 0 Å². The summed E-state index contributed by atoms with van der Waals surface area (Å²) in [5, 5.41) is 2.95. The molecule has 0 spiro atoms. The molecule has 1 aromatic carbocycles. The van der Waals surface area contributed by atoms with Gasteiger partial charge in [-0.25, -0.2) is 0 Å². The van der Waals surface area contributed by atoms with Crippen molar-refractivity contribution >= 4 is 11.6 Å². The van der Waals surface area contributed by atoms with E-state index in [0.717, 1.165) is 18.8 Å². The van der Waals surface area contributed by atoms with Crippen LogP contribution in [-0.4, -0.2) is 36.5 Å². The van der Waals surface area contributed by atoms with Crippen molar-refractivity contribution in [2.75, 3.05) is 25.0 Å². The third-order valence-corrected chi connectivity index (χ3v) is 3.90. The number of carbonyl (C=O) groups is 1. The summed E-state index contributed by atoms with van der Waals surface area (Å²) in [6.07, 6.45) is 0. The highest BCUT2D eigenvalue weighted by molar-refractivity contribution is 5.92. The molecule has 4 nitrogen and oxygen atoms in total. The van der Waals surface area contributed by atoms with Gasteiger partial charge in [0.05, 0.1) is 6.54 Å². The number of nitrogens with one attached hydrogen (secondary N) is 1. The quantitative estimate of drug-likeness (QED) is 0.867. The van der Waals surface area contributed by atoms with Gasteiger partial charge in [-0.05, 0) is 43.0 Å². The largest absolute Gasteiger partial charge is 0.326 e. The van der Waals surface area contributed by atoms with Crippen LogP contribution in [0.15, 0.2) is 18.2 Å². The van der Waals surface area contributed by atoms with Gasteiger partial charge in [-0.2, -0.15) is 0 Å². The summed E-state index contributed by atoms with van der Waals surface area (Å²) in [5.74, 6) is 0.499. The fourth-order valence-corrected chi connectivity index (χ4v) is 2.45. The first-order valence-electron chi connectivity index (χ1n) is 6.80. The van der Waals surface area contributed by atoms with Gasteiger partial charge >= 0.3 is 0 Å². The minimum Gasteiger partial charge on any atom is -0.326 e. The number of nitrogens with two attached hydrogens (primary N) is 1. The molecule has 2 unspecified atom stereocenters. The van der Waals surface area contributed by atoms with Gasteiger partial charge in [-0.1, -0.05) is 13.0 Å². The summed E-state index contributed by atoms with van der Waals surface area (Å²) in [5.41, 5.74) is 9.25. The van der Waals surface area contributed by atoms with Crippen molar-refractivity contribution in [3.8, 4) is 0 Å². The zero-order valence-corrected chi connectivity index (χ0v) is 11.9. The molecule has 4 heteroatoms. The van der Waals surface area contributed by atoms with Crippen LogP contribution in [0.3, 0.4) is 0 Å². The number of hydrogen-bond donors (Lipinski definition) is 2. The third kappa shape index (κ3) is 3.55. The lowest BCUT2D eigenvalue weighted by Crippen LogP contribution is -2.33. The Balaban J connectivity index is 1.89. The van der Waals surface area contributed by atoms with E-state index in [1.54, 1.807) is 0 Å². The maximum atomic E-state index is 12.0. The van der Waals surface area contributed by atoms with E-state index in [-0.39, 0.29) is 11.9 Å². The second-order valence-corrected chi connectivity index (χ2v) is 5.68. The fourth-order valence-electron chi connectivity index (χ4n) is 2.45. The van der Waals surface area contributed by atoms with Crippen LogP contribution >= 0.6 is 0 Å². The van der Waals surface area contributed by atoms with Gasteiger partial charge in [0.15, 0.2) is 0 Å². The molecule has 1 aliphatic heterocycles. The number of amides is 1. The van der Waals surface area contributed by atoms with Crippen molar-refractivity contribution in [3.05, 3.63) is 29.3 Å². The molecule has 1 heterocycles. The Kier molecular flexibility index (Phi) is 4.22. The average molecular weight is 261 g/mol. The van der Waals surface area contributed by atoms with E-state index in [1.807, 2.05) is 25.1 Å². The number of carbonyl (C=O) groups excluding carboxylic acids is 1. The van der Waals surface area contributed by atoms with Crippen LogP contribution < -0.4 is 11.1 Å². The molecule has 3 N–H and O–H groups in total. The summed E-state index contributed by atoms with van der Waals surface area (Å²) in [6, 6.07) is 6.16. The maximum absolute atomic E-state index is 12.0. The van der Waals surface area contributed by atoms with Gasteiger partial charge in [0.25, 0.3) is 0 Å². The molecule has 2 rings (SSSR count). The Bertz CT molecular complexity index is 462. The summed E-state index contributed by atoms with van der Waals surface area (Å²) >= 11 is 0. The number of rotatable bonds is 3. The normalized spacial score (nSPS) is 23.6. The molecule has 1 amide bonds. The van der Waals surface area contributed by atoms with Gasteiger partial charge in [0, 0.05) is 24.8 Å². The second kappa shape index (κ2) is 5.72. The summed E-state index contributed by atoms with van der Waals surface area (Å²) in [6.45, 7) is 8.37. The lowest BCUT2D eigenvalue weighted by molar-refractivity contribution is -0.117. The Labute approximate surface area is 115 Å². The highest BCUT2D eigenvalue weighted by atomic mass is 16.2. The van der Waals surface area contributed by atoms with Crippen molar-refractivity contribution in [2.45, 2.75) is 26.8 Å². The van der Waals surface area contributed by atoms with Crippen LogP contribution in [0.1, 0.15) is 18.1 Å². The van der Waals surface area contributed by atoms with E-state index < -0.39 is 0 Å². The standard InChI is InChI=1S/C15H23N3O/c1-10-4-5-13(6-11(10)2)17-15(19)9-18-7-12(3)14(16)8-18/h4-6,12,14H,7-9,16H2,1-3H3,(H,17,19). The van der Waals surface area contributed by atoms with Gasteiger partial charge < -0.3 is 11.1 Å². The molecule has 0 aliphatic carbocycles. The summed E-state index contributed by atoms with van der Waals surface area (Å²) in [4.78, 5) is 14.1. The minimum atomic E-state index is 0.0320. The Morgan fingerprint density at radius 2 is 2.11 bits per heavy atom. The molecular weight excluding hydrogens is 238 g/mol. The zero-order chi connectivity index (χ0) is 14.0. The lowest BCUT2D eigenvalue weighted by Gasteiger charge is -2.15. The first-order valence-corrected chi connectivity index (χ1v) is 6.80. The van der Waals surface area contributed by atoms with Crippen LogP contribution in [0.2, 0.25) is 0 Å². The molecule has 1 aliphatic rings. The molecule has 2 atom stereocenters. The second-order valence-electron chi connectivity index (χ2n) is 5.68. The topological polar surface area (TPSA) is 58.4 Å². The molecule has 0 radical (unpaired) electrons. The molecule has 1 saturated heterocycles. The molecule has 19 heavy (non-hydrogen) atoms. The molecule has 0 bridgehead atoms. The molecule has 1 fully saturated rings. The van der Waals surface area contributed by atoms with E-state index in [9.17, 15) is 4.79 Å². The SMILES string of the molecule is Cc1ccc(NC(=O)CN2CC(C)C(N)C2)cc1C. The lowest BCUT2D eigenvalue weighted by atomic mass is 10.1.